The molecule has 210 valence electrons. The van der Waals surface area contributed by atoms with E-state index in [2.05, 4.69) is 70.8 Å². The van der Waals surface area contributed by atoms with Crippen molar-refractivity contribution in [3.05, 3.63) is 66.4 Å². The zero-order valence-corrected chi connectivity index (χ0v) is 23.2. The van der Waals surface area contributed by atoms with Crippen molar-refractivity contribution in [3.63, 3.8) is 0 Å². The molecule has 3 aliphatic rings. The number of carbonyl (C=O) groups is 1. The molecule has 0 radical (unpaired) electrons. The molecule has 0 bridgehead atoms. The number of rotatable bonds is 7. The van der Waals surface area contributed by atoms with Crippen molar-refractivity contribution >= 4 is 28.2 Å². The van der Waals surface area contributed by atoms with Gasteiger partial charge in [0.15, 0.2) is 0 Å². The summed E-state index contributed by atoms with van der Waals surface area (Å²) in [6, 6.07) is 15.4. The third-order valence-electron chi connectivity index (χ3n) is 8.66. The lowest BCUT2D eigenvalue weighted by Gasteiger charge is -2.42. The maximum atomic E-state index is 12.4. The van der Waals surface area contributed by atoms with Crippen molar-refractivity contribution in [3.8, 4) is 6.01 Å². The Kier molecular flexibility index (Phi) is 7.58. The number of anilines is 2. The van der Waals surface area contributed by atoms with Gasteiger partial charge < -0.3 is 29.4 Å². The molecule has 2 fully saturated rings. The molecular weight excluding hydrogens is 504 g/mol. The van der Waals surface area contributed by atoms with Gasteiger partial charge in [0.25, 0.3) is 0 Å². The molecule has 1 unspecified atom stereocenters. The van der Waals surface area contributed by atoms with Crippen LogP contribution in [0.5, 0.6) is 6.01 Å². The van der Waals surface area contributed by atoms with E-state index in [-0.39, 0.29) is 18.6 Å². The van der Waals surface area contributed by atoms with E-state index in [1.165, 1.54) is 29.0 Å². The van der Waals surface area contributed by atoms with Gasteiger partial charge in [0.05, 0.1) is 24.9 Å². The molecule has 1 aromatic heterocycles. The maximum absolute atomic E-state index is 12.4. The number of piperazine rings is 1. The van der Waals surface area contributed by atoms with Crippen LogP contribution in [-0.2, 0) is 17.8 Å². The predicted molar refractivity (Wildman–Crippen MR) is 157 cm³/mol. The Morgan fingerprint density at radius 3 is 2.73 bits per heavy atom. The quantitative estimate of drug-likeness (QED) is 0.457. The van der Waals surface area contributed by atoms with Gasteiger partial charge >= 0.3 is 6.01 Å². The second-order valence-corrected chi connectivity index (χ2v) is 11.0. The zero-order valence-electron chi connectivity index (χ0n) is 23.2. The molecule has 40 heavy (non-hydrogen) atoms. The average molecular weight is 543 g/mol. The van der Waals surface area contributed by atoms with Crippen LogP contribution in [0.3, 0.4) is 0 Å². The Morgan fingerprint density at radius 1 is 1.07 bits per heavy atom. The van der Waals surface area contributed by atoms with Crippen molar-refractivity contribution in [2.75, 3.05) is 62.8 Å². The number of fused-ring (bicyclic) bond motifs is 2. The van der Waals surface area contributed by atoms with Crippen LogP contribution < -0.4 is 14.5 Å². The number of amides is 1. The summed E-state index contributed by atoms with van der Waals surface area (Å²) in [5.41, 5.74) is 3.31. The van der Waals surface area contributed by atoms with Crippen molar-refractivity contribution in [2.45, 2.75) is 37.9 Å². The van der Waals surface area contributed by atoms with E-state index in [0.717, 1.165) is 43.0 Å². The Labute approximate surface area is 235 Å². The molecule has 4 heterocycles. The molecule has 0 spiro atoms. The number of aliphatic hydroxyl groups is 1. The molecule has 1 N–H and O–H groups in total. The van der Waals surface area contributed by atoms with E-state index < -0.39 is 0 Å². The van der Waals surface area contributed by atoms with E-state index in [4.69, 9.17) is 14.7 Å². The number of benzene rings is 2. The number of carbonyl (C=O) groups excluding carboxylic acids is 1. The minimum atomic E-state index is -0.322. The highest BCUT2D eigenvalue weighted by atomic mass is 16.5. The average Bonchev–Trinajstić information content (AvgIpc) is 3.42. The number of likely N-dealkylation sites (N-methyl/N-ethyl adjacent to an activating group) is 1. The second-order valence-electron chi connectivity index (χ2n) is 11.0. The molecular formula is C31H38N6O3. The first-order valence-corrected chi connectivity index (χ1v) is 14.3. The van der Waals surface area contributed by atoms with Gasteiger partial charge in [-0.05, 0) is 50.4 Å². The van der Waals surface area contributed by atoms with Gasteiger partial charge in [0.1, 0.15) is 12.4 Å². The molecule has 2 atom stereocenters. The lowest BCUT2D eigenvalue weighted by molar-refractivity contribution is -0.129. The number of likely N-dealkylation sites (tertiary alicyclic amines) is 1. The molecule has 9 nitrogen and oxygen atoms in total. The fourth-order valence-electron chi connectivity index (χ4n) is 6.38. The summed E-state index contributed by atoms with van der Waals surface area (Å²) in [7, 11) is 2.14. The van der Waals surface area contributed by atoms with Crippen molar-refractivity contribution in [1.29, 1.82) is 0 Å². The van der Waals surface area contributed by atoms with Gasteiger partial charge in [0.2, 0.25) is 5.91 Å². The van der Waals surface area contributed by atoms with Crippen molar-refractivity contribution in [2.24, 2.45) is 0 Å². The summed E-state index contributed by atoms with van der Waals surface area (Å²) in [5.74, 6) is 0.709. The van der Waals surface area contributed by atoms with Crippen LogP contribution in [0, 0.1) is 0 Å². The largest absolute Gasteiger partial charge is 0.462 e. The Bertz CT molecular complexity index is 1390. The van der Waals surface area contributed by atoms with Gasteiger partial charge in [-0.2, -0.15) is 9.97 Å². The van der Waals surface area contributed by atoms with Gasteiger partial charge in [0, 0.05) is 48.9 Å². The molecule has 6 rings (SSSR count). The fraction of sp³-hybridized carbons (Fsp3) is 0.452. The lowest BCUT2D eigenvalue weighted by atomic mass is 10.0. The summed E-state index contributed by atoms with van der Waals surface area (Å²) in [6.07, 6.45) is 4.41. The SMILES string of the molecule is C=CC(=O)N1CCN(c2nc(OC[C@@H]3CCCN3C)nc3c2CCN(c2cccc4ccccc24)C3)CC1CO. The van der Waals surface area contributed by atoms with Gasteiger partial charge in [-0.1, -0.05) is 43.0 Å². The Morgan fingerprint density at radius 2 is 1.93 bits per heavy atom. The summed E-state index contributed by atoms with van der Waals surface area (Å²) in [4.78, 5) is 30.9. The highest BCUT2D eigenvalue weighted by Crippen LogP contribution is 2.34. The monoisotopic (exact) mass is 542 g/mol. The van der Waals surface area contributed by atoms with Crippen LogP contribution in [0.25, 0.3) is 10.8 Å². The van der Waals surface area contributed by atoms with Crippen molar-refractivity contribution in [1.82, 2.24) is 19.8 Å². The van der Waals surface area contributed by atoms with E-state index in [1.807, 2.05) is 0 Å². The topological polar surface area (TPSA) is 85.3 Å². The van der Waals surface area contributed by atoms with Crippen molar-refractivity contribution < 1.29 is 14.6 Å². The number of nitrogens with zero attached hydrogens (tertiary/aromatic N) is 6. The van der Waals surface area contributed by atoms with E-state index in [1.54, 1.807) is 4.90 Å². The van der Waals surface area contributed by atoms with Crippen LogP contribution in [-0.4, -0.2) is 95.9 Å². The van der Waals surface area contributed by atoms with E-state index in [0.29, 0.717) is 44.8 Å². The molecule has 0 saturated carbocycles. The molecule has 9 heteroatoms. The number of hydrogen-bond donors (Lipinski definition) is 1. The van der Waals surface area contributed by atoms with Crippen LogP contribution in [0.1, 0.15) is 24.1 Å². The summed E-state index contributed by atoms with van der Waals surface area (Å²) in [6.45, 7) is 8.29. The van der Waals surface area contributed by atoms with E-state index in [9.17, 15) is 9.90 Å². The molecule has 3 aliphatic heterocycles. The minimum Gasteiger partial charge on any atom is -0.462 e. The number of aliphatic hydroxyl groups excluding tert-OH is 1. The molecule has 0 aliphatic carbocycles. The minimum absolute atomic E-state index is 0.115. The summed E-state index contributed by atoms with van der Waals surface area (Å²) < 4.78 is 6.26. The third-order valence-corrected chi connectivity index (χ3v) is 8.66. The Balaban J connectivity index is 1.32. The number of hydrogen-bond acceptors (Lipinski definition) is 8. The summed E-state index contributed by atoms with van der Waals surface area (Å²) >= 11 is 0. The van der Waals surface area contributed by atoms with Gasteiger partial charge in [-0.3, -0.25) is 4.79 Å². The highest BCUT2D eigenvalue weighted by molar-refractivity contribution is 5.94. The van der Waals surface area contributed by atoms with Crippen LogP contribution in [0.2, 0.25) is 0 Å². The molecule has 2 saturated heterocycles. The third kappa shape index (κ3) is 5.11. The van der Waals surface area contributed by atoms with Crippen LogP contribution in [0.15, 0.2) is 55.1 Å². The molecule has 1 amide bonds. The second kappa shape index (κ2) is 11.4. The molecule has 2 aromatic carbocycles. The fourth-order valence-corrected chi connectivity index (χ4v) is 6.38. The smallest absolute Gasteiger partial charge is 0.318 e. The van der Waals surface area contributed by atoms with Crippen LogP contribution >= 0.6 is 0 Å². The first-order valence-electron chi connectivity index (χ1n) is 14.3. The first kappa shape index (κ1) is 26.5. The zero-order chi connectivity index (χ0) is 27.6. The standard InChI is InChI=1S/C31H38N6O3/c1-3-29(39)37-17-16-36(18-24(37)20-38)30-26-13-15-35(28-12-6-9-22-8-4-5-11-25(22)28)19-27(26)32-31(33-30)40-21-23-10-7-14-34(23)2/h3-6,8-9,11-12,23-24,38H,1,7,10,13-21H2,2H3/t23-,24?/m0/s1. The molecule has 3 aromatic rings. The Hall–Kier alpha value is -3.69. The predicted octanol–water partition coefficient (Wildman–Crippen LogP) is 2.86. The first-order chi connectivity index (χ1) is 19.6. The lowest BCUT2D eigenvalue weighted by Crippen LogP contribution is -2.57. The number of aromatic nitrogens is 2. The normalized spacial score (nSPS) is 21.5. The van der Waals surface area contributed by atoms with Crippen LogP contribution in [0.4, 0.5) is 11.5 Å². The van der Waals surface area contributed by atoms with E-state index >= 15 is 0 Å². The highest BCUT2D eigenvalue weighted by Gasteiger charge is 2.33. The number of ether oxygens (including phenoxy) is 1. The van der Waals surface area contributed by atoms with Gasteiger partial charge in [-0.25, -0.2) is 0 Å². The van der Waals surface area contributed by atoms with Gasteiger partial charge in [-0.15, -0.1) is 0 Å². The maximum Gasteiger partial charge on any atom is 0.318 e. The summed E-state index contributed by atoms with van der Waals surface area (Å²) in [5, 5.41) is 12.6.